The Morgan fingerprint density at radius 1 is 0.257 bits per heavy atom. The summed E-state index contributed by atoms with van der Waals surface area (Å²) in [6.07, 6.45) is 0. The largest absolute Gasteiger partial charge is 0.456 e. The lowest BCUT2D eigenvalue weighted by Crippen LogP contribution is -2.61. The minimum Gasteiger partial charge on any atom is -0.456 e. The van der Waals surface area contributed by atoms with E-state index in [4.69, 9.17) is 4.42 Å². The van der Waals surface area contributed by atoms with Crippen molar-refractivity contribution in [3.8, 4) is 33.4 Å². The molecular formula is C70H43BN2O. The van der Waals surface area contributed by atoms with Gasteiger partial charge in [0.25, 0.3) is 6.71 Å². The Morgan fingerprint density at radius 2 is 0.662 bits per heavy atom. The fraction of sp³-hybridized carbons (Fsp3) is 0. The lowest BCUT2D eigenvalue weighted by molar-refractivity contribution is 0.669. The molecule has 13 aromatic carbocycles. The first-order valence-corrected chi connectivity index (χ1v) is 25.6. The number of hydrogen-bond acceptors (Lipinski definition) is 3. The molecule has 0 saturated heterocycles. The van der Waals surface area contributed by atoms with Gasteiger partial charge in [0.05, 0.1) is 0 Å². The molecule has 0 radical (unpaired) electrons. The van der Waals surface area contributed by atoms with Crippen molar-refractivity contribution < 1.29 is 4.42 Å². The summed E-state index contributed by atoms with van der Waals surface area (Å²) in [5.74, 6) is 0. The van der Waals surface area contributed by atoms with Crippen LogP contribution in [0.25, 0.3) is 98.4 Å². The van der Waals surface area contributed by atoms with Crippen LogP contribution in [0.2, 0.25) is 0 Å². The van der Waals surface area contributed by atoms with Crippen LogP contribution in [0, 0.1) is 0 Å². The fourth-order valence-corrected chi connectivity index (χ4v) is 12.4. The number of benzene rings is 13. The summed E-state index contributed by atoms with van der Waals surface area (Å²) in [7, 11) is 0. The highest BCUT2D eigenvalue weighted by atomic mass is 16.3. The quantitative estimate of drug-likeness (QED) is 0.127. The number of nitrogens with zero attached hydrogens (tertiary/aromatic N) is 2. The zero-order chi connectivity index (χ0) is 48.4. The lowest BCUT2D eigenvalue weighted by atomic mass is 9.33. The molecule has 14 aromatic rings. The Bertz CT molecular complexity index is 4370. The average Bonchev–Trinajstić information content (AvgIpc) is 3.87. The van der Waals surface area contributed by atoms with Crippen molar-refractivity contribution in [3.63, 3.8) is 0 Å². The second kappa shape index (κ2) is 15.9. The highest BCUT2D eigenvalue weighted by Gasteiger charge is 2.44. The van der Waals surface area contributed by atoms with E-state index >= 15 is 0 Å². The highest BCUT2D eigenvalue weighted by molar-refractivity contribution is 7.00. The summed E-state index contributed by atoms with van der Waals surface area (Å²) in [5.41, 5.74) is 19.6. The van der Waals surface area contributed by atoms with E-state index < -0.39 is 0 Å². The molecule has 74 heavy (non-hydrogen) atoms. The summed E-state index contributed by atoms with van der Waals surface area (Å²) >= 11 is 0. The van der Waals surface area contributed by atoms with Crippen molar-refractivity contribution in [1.82, 2.24) is 0 Å². The molecule has 0 amide bonds. The number of furan rings is 1. The smallest absolute Gasteiger partial charge is 0.252 e. The van der Waals surface area contributed by atoms with Crippen molar-refractivity contribution in [2.45, 2.75) is 0 Å². The zero-order valence-corrected chi connectivity index (χ0v) is 40.2. The Kier molecular flexibility index (Phi) is 8.83. The predicted octanol–water partition coefficient (Wildman–Crippen LogP) is 17.3. The van der Waals surface area contributed by atoms with Gasteiger partial charge in [-0.05, 0) is 184 Å². The minimum absolute atomic E-state index is 0.0919. The molecule has 0 N–H and O–H groups in total. The van der Waals surface area contributed by atoms with Crippen LogP contribution >= 0.6 is 0 Å². The van der Waals surface area contributed by atoms with Gasteiger partial charge < -0.3 is 14.2 Å². The van der Waals surface area contributed by atoms with Crippen molar-refractivity contribution >= 4 is 122 Å². The molecule has 3 nitrogen and oxygen atoms in total. The average molecular weight is 939 g/mol. The van der Waals surface area contributed by atoms with E-state index in [2.05, 4.69) is 265 Å². The Hall–Kier alpha value is -9.64. The first-order chi connectivity index (χ1) is 36.6. The van der Waals surface area contributed by atoms with Crippen LogP contribution < -0.4 is 26.2 Å². The van der Waals surface area contributed by atoms with Crippen LogP contribution in [0.4, 0.5) is 34.1 Å². The molecule has 0 spiro atoms. The summed E-state index contributed by atoms with van der Waals surface area (Å²) in [6.45, 7) is -0.0919. The monoisotopic (exact) mass is 938 g/mol. The highest BCUT2D eigenvalue weighted by Crippen LogP contribution is 2.48. The van der Waals surface area contributed by atoms with Crippen LogP contribution in [-0.4, -0.2) is 6.71 Å². The van der Waals surface area contributed by atoms with Crippen LogP contribution in [0.3, 0.4) is 0 Å². The molecule has 0 fully saturated rings. The van der Waals surface area contributed by atoms with Crippen molar-refractivity contribution in [3.05, 3.63) is 261 Å². The molecule has 16 rings (SSSR count). The zero-order valence-electron chi connectivity index (χ0n) is 40.2. The van der Waals surface area contributed by atoms with E-state index in [1.807, 2.05) is 6.07 Å². The van der Waals surface area contributed by atoms with Crippen molar-refractivity contribution in [1.29, 1.82) is 0 Å². The number of para-hydroxylation sites is 1. The molecule has 0 saturated carbocycles. The molecule has 342 valence electrons. The Balaban J connectivity index is 1.02. The maximum atomic E-state index is 6.42. The maximum Gasteiger partial charge on any atom is 0.252 e. The summed E-state index contributed by atoms with van der Waals surface area (Å²) < 4.78 is 6.42. The predicted molar refractivity (Wildman–Crippen MR) is 314 cm³/mol. The van der Waals surface area contributed by atoms with Gasteiger partial charge in [0, 0.05) is 44.9 Å². The van der Waals surface area contributed by atoms with Crippen molar-refractivity contribution in [2.24, 2.45) is 0 Å². The van der Waals surface area contributed by atoms with Gasteiger partial charge >= 0.3 is 0 Å². The topological polar surface area (TPSA) is 19.6 Å². The fourth-order valence-electron chi connectivity index (χ4n) is 12.4. The standard InChI is InChI=1S/C70H43BN2O/c1-3-13-44(14-4-1)46-23-28-58(29-24-46)72-64-40-55-35-50-19-9-7-17-48(50)33-53(55)38-62(64)71-63-39-54-34-49-18-8-10-20-51(49)36-56(54)41-65(63)73(59-30-25-47(26-31-59)45-15-5-2-6-16-45)67-43-57(42-66(72)70(67)71)52-27-32-69-61(37-52)60-21-11-12-22-68(60)74-69/h1-43H. The third-order valence-electron chi connectivity index (χ3n) is 15.9. The number of fused-ring (bicyclic) bond motifs is 11. The molecule has 2 aliphatic rings. The minimum atomic E-state index is -0.0919. The molecular weight excluding hydrogens is 896 g/mol. The van der Waals surface area contributed by atoms with Gasteiger partial charge in [-0.3, -0.25) is 0 Å². The molecule has 0 aliphatic carbocycles. The van der Waals surface area contributed by atoms with Gasteiger partial charge in [0.15, 0.2) is 0 Å². The summed E-state index contributed by atoms with van der Waals surface area (Å²) in [6, 6.07) is 96.8. The molecule has 4 heteroatoms. The molecule has 0 bridgehead atoms. The summed E-state index contributed by atoms with van der Waals surface area (Å²) in [4.78, 5) is 5.11. The number of anilines is 6. The third kappa shape index (κ3) is 6.35. The van der Waals surface area contributed by atoms with E-state index in [1.165, 1.54) is 93.1 Å². The van der Waals surface area contributed by atoms with Crippen molar-refractivity contribution in [2.75, 3.05) is 9.80 Å². The SMILES string of the molecule is c1ccc(-c2ccc(N3c4cc5cc6ccccc6cc5cc4B4c5cc6cc7ccccc7cc6cc5N(c5ccc(-c6ccccc6)cc5)c5cc(-c6ccc7oc8ccccc8c7c6)cc3c54)cc2)cc1. The second-order valence-electron chi connectivity index (χ2n) is 20.1. The number of hydrogen-bond donors (Lipinski definition) is 0. The molecule has 3 heterocycles. The third-order valence-corrected chi connectivity index (χ3v) is 15.9. The molecule has 0 atom stereocenters. The first-order valence-electron chi connectivity index (χ1n) is 25.6. The molecule has 0 unspecified atom stereocenters. The Morgan fingerprint density at radius 3 is 1.16 bits per heavy atom. The number of rotatable bonds is 5. The van der Waals surface area contributed by atoms with Crippen LogP contribution in [0.5, 0.6) is 0 Å². The summed E-state index contributed by atoms with van der Waals surface area (Å²) in [5, 5.41) is 12.1. The van der Waals surface area contributed by atoms with Crippen LogP contribution in [0.15, 0.2) is 265 Å². The van der Waals surface area contributed by atoms with E-state index in [1.54, 1.807) is 0 Å². The van der Waals surface area contributed by atoms with E-state index in [0.29, 0.717) is 0 Å². The van der Waals surface area contributed by atoms with Crippen LogP contribution in [-0.2, 0) is 0 Å². The first kappa shape index (κ1) is 41.0. The van der Waals surface area contributed by atoms with Gasteiger partial charge in [-0.1, -0.05) is 170 Å². The van der Waals surface area contributed by atoms with Gasteiger partial charge in [-0.15, -0.1) is 0 Å². The normalized spacial score (nSPS) is 12.8. The van der Waals surface area contributed by atoms with E-state index in [-0.39, 0.29) is 6.71 Å². The van der Waals surface area contributed by atoms with Crippen LogP contribution in [0.1, 0.15) is 0 Å². The molecule has 2 aliphatic heterocycles. The van der Waals surface area contributed by atoms with Gasteiger partial charge in [0.1, 0.15) is 11.2 Å². The van der Waals surface area contributed by atoms with Gasteiger partial charge in [-0.2, -0.15) is 0 Å². The Labute approximate surface area is 428 Å². The lowest BCUT2D eigenvalue weighted by Gasteiger charge is -2.44. The molecule has 1 aromatic heterocycles. The van der Waals surface area contributed by atoms with E-state index in [0.717, 1.165) is 55.8 Å². The maximum absolute atomic E-state index is 6.42. The van der Waals surface area contributed by atoms with Gasteiger partial charge in [0.2, 0.25) is 0 Å². The van der Waals surface area contributed by atoms with E-state index in [9.17, 15) is 0 Å². The second-order valence-corrected chi connectivity index (χ2v) is 20.1. The van der Waals surface area contributed by atoms with Gasteiger partial charge in [-0.25, -0.2) is 0 Å².